The smallest absolute Gasteiger partial charge is 0.0726 e. The van der Waals surface area contributed by atoms with Gasteiger partial charge in [-0.25, -0.2) is 0 Å². The summed E-state index contributed by atoms with van der Waals surface area (Å²) in [5.74, 6) is 0. The third kappa shape index (κ3) is 2.95. The molecule has 1 aliphatic rings. The fourth-order valence-electron chi connectivity index (χ4n) is 1.54. The average Bonchev–Trinajstić information content (AvgIpc) is 2.56. The van der Waals surface area contributed by atoms with Crippen molar-refractivity contribution >= 4 is 0 Å². The fourth-order valence-corrected chi connectivity index (χ4v) is 1.54. The summed E-state index contributed by atoms with van der Waals surface area (Å²) in [6.45, 7) is 7.84. The molecule has 1 rings (SSSR count). The molecule has 0 saturated carbocycles. The number of nitrogens with one attached hydrogen (secondary N) is 1. The van der Waals surface area contributed by atoms with E-state index in [0.29, 0.717) is 12.1 Å². The van der Waals surface area contributed by atoms with Crippen LogP contribution in [0.3, 0.4) is 0 Å². The van der Waals surface area contributed by atoms with Gasteiger partial charge in [0.2, 0.25) is 0 Å². The van der Waals surface area contributed by atoms with Gasteiger partial charge in [-0.2, -0.15) is 0 Å². The van der Waals surface area contributed by atoms with Gasteiger partial charge < -0.3 is 10.1 Å². The maximum absolute atomic E-state index is 5.56. The Bertz CT molecular complexity index is 130. The first-order chi connectivity index (χ1) is 5.84. The van der Waals surface area contributed by atoms with E-state index in [2.05, 4.69) is 18.8 Å². The van der Waals surface area contributed by atoms with E-state index in [9.17, 15) is 0 Å². The molecule has 0 aromatic heterocycles. The SMILES string of the molecule is C=CCCNC(C)C1CCCO1. The highest BCUT2D eigenvalue weighted by Gasteiger charge is 2.21. The Labute approximate surface area is 75.0 Å². The van der Waals surface area contributed by atoms with Crippen LogP contribution in [0.25, 0.3) is 0 Å². The van der Waals surface area contributed by atoms with Crippen LogP contribution in [-0.2, 0) is 4.74 Å². The van der Waals surface area contributed by atoms with Crippen LogP contribution in [0.1, 0.15) is 26.2 Å². The van der Waals surface area contributed by atoms with Gasteiger partial charge in [-0.15, -0.1) is 6.58 Å². The first-order valence-corrected chi connectivity index (χ1v) is 4.80. The van der Waals surface area contributed by atoms with Crippen LogP contribution in [0.2, 0.25) is 0 Å². The largest absolute Gasteiger partial charge is 0.377 e. The Morgan fingerprint density at radius 3 is 3.17 bits per heavy atom. The van der Waals surface area contributed by atoms with Crippen LogP contribution < -0.4 is 5.32 Å². The van der Waals surface area contributed by atoms with Crippen LogP contribution in [0, 0.1) is 0 Å². The van der Waals surface area contributed by atoms with Crippen LogP contribution in [0.4, 0.5) is 0 Å². The van der Waals surface area contributed by atoms with Crippen molar-refractivity contribution in [3.05, 3.63) is 12.7 Å². The molecule has 0 spiro atoms. The highest BCUT2D eigenvalue weighted by Crippen LogP contribution is 2.15. The molecule has 0 radical (unpaired) electrons. The van der Waals surface area contributed by atoms with E-state index in [1.165, 1.54) is 12.8 Å². The summed E-state index contributed by atoms with van der Waals surface area (Å²) in [5.41, 5.74) is 0. The summed E-state index contributed by atoms with van der Waals surface area (Å²) < 4.78 is 5.56. The normalized spacial score (nSPS) is 25.6. The number of hydrogen-bond donors (Lipinski definition) is 1. The summed E-state index contributed by atoms with van der Waals surface area (Å²) in [5, 5.41) is 3.43. The predicted molar refractivity (Wildman–Crippen MR) is 51.3 cm³/mol. The van der Waals surface area contributed by atoms with Gasteiger partial charge in [0.25, 0.3) is 0 Å². The molecule has 0 aromatic rings. The molecule has 2 heteroatoms. The van der Waals surface area contributed by atoms with Gasteiger partial charge in [0.1, 0.15) is 0 Å². The Kier molecular flexibility index (Phi) is 4.33. The van der Waals surface area contributed by atoms with Gasteiger partial charge in [0.15, 0.2) is 0 Å². The summed E-state index contributed by atoms with van der Waals surface area (Å²) in [6.07, 6.45) is 5.85. The molecule has 12 heavy (non-hydrogen) atoms. The second kappa shape index (κ2) is 5.33. The highest BCUT2D eigenvalue weighted by atomic mass is 16.5. The topological polar surface area (TPSA) is 21.3 Å². The van der Waals surface area contributed by atoms with E-state index < -0.39 is 0 Å². The second-order valence-electron chi connectivity index (χ2n) is 3.37. The molecule has 1 fully saturated rings. The van der Waals surface area contributed by atoms with Crippen molar-refractivity contribution in [2.45, 2.75) is 38.3 Å². The van der Waals surface area contributed by atoms with Crippen LogP contribution in [0.5, 0.6) is 0 Å². The Morgan fingerprint density at radius 2 is 2.58 bits per heavy atom. The molecule has 2 unspecified atom stereocenters. The van der Waals surface area contributed by atoms with Gasteiger partial charge >= 0.3 is 0 Å². The van der Waals surface area contributed by atoms with Crippen molar-refractivity contribution in [3.8, 4) is 0 Å². The minimum absolute atomic E-state index is 0.440. The van der Waals surface area contributed by atoms with Gasteiger partial charge in [0, 0.05) is 12.6 Å². The summed E-state index contributed by atoms with van der Waals surface area (Å²) >= 11 is 0. The lowest BCUT2D eigenvalue weighted by Crippen LogP contribution is -2.37. The monoisotopic (exact) mass is 169 g/mol. The molecule has 0 aliphatic carbocycles. The van der Waals surface area contributed by atoms with Gasteiger partial charge in [0.05, 0.1) is 6.10 Å². The molecule has 0 amide bonds. The van der Waals surface area contributed by atoms with Gasteiger partial charge in [-0.05, 0) is 32.7 Å². The number of ether oxygens (including phenoxy) is 1. The van der Waals surface area contributed by atoms with Crippen molar-refractivity contribution in [1.29, 1.82) is 0 Å². The third-order valence-electron chi connectivity index (χ3n) is 2.34. The molecule has 1 aliphatic heterocycles. The van der Waals surface area contributed by atoms with Crippen molar-refractivity contribution < 1.29 is 4.74 Å². The minimum atomic E-state index is 0.440. The van der Waals surface area contributed by atoms with Crippen LogP contribution in [-0.4, -0.2) is 25.3 Å². The Balaban J connectivity index is 2.09. The molecular weight excluding hydrogens is 150 g/mol. The lowest BCUT2D eigenvalue weighted by Gasteiger charge is -2.19. The first kappa shape index (κ1) is 9.75. The number of hydrogen-bond acceptors (Lipinski definition) is 2. The molecule has 1 saturated heterocycles. The lowest BCUT2D eigenvalue weighted by atomic mass is 10.1. The minimum Gasteiger partial charge on any atom is -0.377 e. The standard InChI is InChI=1S/C10H19NO/c1-3-4-7-11-9(2)10-6-5-8-12-10/h3,9-11H,1,4-8H2,2H3. The van der Waals surface area contributed by atoms with Crippen molar-refractivity contribution in [2.75, 3.05) is 13.2 Å². The Hall–Kier alpha value is -0.340. The second-order valence-corrected chi connectivity index (χ2v) is 3.37. The van der Waals surface area contributed by atoms with Crippen molar-refractivity contribution in [3.63, 3.8) is 0 Å². The first-order valence-electron chi connectivity index (χ1n) is 4.80. The predicted octanol–water partition coefficient (Wildman–Crippen LogP) is 1.72. The molecule has 0 bridgehead atoms. The third-order valence-corrected chi connectivity index (χ3v) is 2.34. The zero-order valence-electron chi connectivity index (χ0n) is 7.88. The maximum Gasteiger partial charge on any atom is 0.0726 e. The molecule has 2 atom stereocenters. The molecule has 2 nitrogen and oxygen atoms in total. The lowest BCUT2D eigenvalue weighted by molar-refractivity contribution is 0.0840. The summed E-state index contributed by atoms with van der Waals surface area (Å²) in [4.78, 5) is 0. The quantitative estimate of drug-likeness (QED) is 0.500. The van der Waals surface area contributed by atoms with E-state index in [-0.39, 0.29) is 0 Å². The van der Waals surface area contributed by atoms with E-state index in [1.54, 1.807) is 0 Å². The maximum atomic E-state index is 5.56. The summed E-state index contributed by atoms with van der Waals surface area (Å²) in [6, 6.07) is 0.493. The van der Waals surface area contributed by atoms with E-state index in [0.717, 1.165) is 19.6 Å². The zero-order chi connectivity index (χ0) is 8.81. The van der Waals surface area contributed by atoms with Crippen molar-refractivity contribution in [2.24, 2.45) is 0 Å². The average molecular weight is 169 g/mol. The van der Waals surface area contributed by atoms with Crippen molar-refractivity contribution in [1.82, 2.24) is 5.32 Å². The summed E-state index contributed by atoms with van der Waals surface area (Å²) in [7, 11) is 0. The van der Waals surface area contributed by atoms with E-state index in [1.807, 2.05) is 6.08 Å². The molecule has 0 aromatic carbocycles. The fraction of sp³-hybridized carbons (Fsp3) is 0.800. The van der Waals surface area contributed by atoms with Gasteiger partial charge in [-0.1, -0.05) is 6.08 Å². The number of rotatable bonds is 5. The van der Waals surface area contributed by atoms with Gasteiger partial charge in [-0.3, -0.25) is 0 Å². The van der Waals surface area contributed by atoms with E-state index >= 15 is 0 Å². The zero-order valence-corrected chi connectivity index (χ0v) is 7.88. The Morgan fingerprint density at radius 1 is 1.75 bits per heavy atom. The molecule has 70 valence electrons. The van der Waals surface area contributed by atoms with Crippen LogP contribution in [0.15, 0.2) is 12.7 Å². The molecular formula is C10H19NO. The van der Waals surface area contributed by atoms with E-state index in [4.69, 9.17) is 4.74 Å². The molecule has 1 heterocycles. The molecule has 1 N–H and O–H groups in total. The highest BCUT2D eigenvalue weighted by molar-refractivity contribution is 4.78. The van der Waals surface area contributed by atoms with Crippen LogP contribution >= 0.6 is 0 Å².